The van der Waals surface area contributed by atoms with E-state index in [1.165, 1.54) is 0 Å². The van der Waals surface area contributed by atoms with Gasteiger partial charge in [0.25, 0.3) is 0 Å². The first-order valence-corrected chi connectivity index (χ1v) is 12.2. The highest BCUT2D eigenvalue weighted by Crippen LogP contribution is 2.19. The number of aromatic nitrogens is 1. The number of carbonyl (C=O) groups excluding carboxylic acids is 1. The number of para-hydroxylation sites is 1. The third kappa shape index (κ3) is 7.66. The molecule has 0 bridgehead atoms. The van der Waals surface area contributed by atoms with Crippen LogP contribution in [0.25, 0.3) is 10.9 Å². The molecule has 1 heterocycles. The Bertz CT molecular complexity index is 1150. The van der Waals surface area contributed by atoms with E-state index in [0.29, 0.717) is 32.2 Å². The fourth-order valence-electron chi connectivity index (χ4n) is 4.25. The summed E-state index contributed by atoms with van der Waals surface area (Å²) in [7, 11) is 0. The summed E-state index contributed by atoms with van der Waals surface area (Å²) in [4.78, 5) is 40.3. The number of nitrogens with one attached hydrogen (secondary N) is 3. The highest BCUT2D eigenvalue weighted by atomic mass is 16.4. The van der Waals surface area contributed by atoms with E-state index in [0.717, 1.165) is 22.0 Å². The molecule has 3 rings (SSSR count). The number of unbranched alkanes of at least 4 members (excludes halogenated alkanes) is 1. The van der Waals surface area contributed by atoms with Crippen LogP contribution in [-0.4, -0.2) is 57.7 Å². The Morgan fingerprint density at radius 1 is 0.861 bits per heavy atom. The predicted octanol–water partition coefficient (Wildman–Crippen LogP) is 2.45. The number of carboxylic acid groups (broad SMARTS) is 2. The van der Waals surface area contributed by atoms with Crippen LogP contribution >= 0.6 is 0 Å². The van der Waals surface area contributed by atoms with Gasteiger partial charge in [0.1, 0.15) is 12.1 Å². The fourth-order valence-corrected chi connectivity index (χ4v) is 4.25. The molecule has 3 atom stereocenters. The van der Waals surface area contributed by atoms with Crippen molar-refractivity contribution in [2.75, 3.05) is 6.54 Å². The fraction of sp³-hybridized carbons (Fsp3) is 0.370. The molecule has 0 fully saturated rings. The Labute approximate surface area is 210 Å². The van der Waals surface area contributed by atoms with Crippen molar-refractivity contribution < 1.29 is 24.6 Å². The number of aryl methyl sites for hydroxylation is 1. The summed E-state index contributed by atoms with van der Waals surface area (Å²) >= 11 is 0. The van der Waals surface area contributed by atoms with Gasteiger partial charge in [0.15, 0.2) is 0 Å². The topological polar surface area (TPSA) is 158 Å². The van der Waals surface area contributed by atoms with Crippen molar-refractivity contribution >= 4 is 28.7 Å². The van der Waals surface area contributed by atoms with Crippen molar-refractivity contribution in [2.24, 2.45) is 5.73 Å². The number of hydrogen-bond acceptors (Lipinski definition) is 5. The summed E-state index contributed by atoms with van der Waals surface area (Å²) < 4.78 is 0. The first-order chi connectivity index (χ1) is 17.4. The van der Waals surface area contributed by atoms with Gasteiger partial charge in [-0.25, -0.2) is 4.79 Å². The van der Waals surface area contributed by atoms with Crippen LogP contribution in [0.15, 0.2) is 60.8 Å². The number of amides is 1. The maximum absolute atomic E-state index is 13.2. The Morgan fingerprint density at radius 3 is 2.25 bits per heavy atom. The molecule has 9 nitrogen and oxygen atoms in total. The lowest BCUT2D eigenvalue weighted by atomic mass is 10.0. The number of aliphatic carboxylic acids is 2. The number of fused-ring (bicyclic) bond motifs is 1. The predicted molar refractivity (Wildman–Crippen MR) is 138 cm³/mol. The molecule has 9 heteroatoms. The maximum Gasteiger partial charge on any atom is 0.326 e. The number of carboxylic acids is 2. The molecular weight excluding hydrogens is 460 g/mol. The van der Waals surface area contributed by atoms with Crippen LogP contribution in [0.2, 0.25) is 0 Å². The molecule has 1 aromatic heterocycles. The highest BCUT2D eigenvalue weighted by molar-refractivity contribution is 5.89. The summed E-state index contributed by atoms with van der Waals surface area (Å²) in [5.41, 5.74) is 8.25. The third-order valence-electron chi connectivity index (χ3n) is 6.24. The largest absolute Gasteiger partial charge is 0.480 e. The lowest BCUT2D eigenvalue weighted by molar-refractivity contribution is -0.143. The van der Waals surface area contributed by atoms with Crippen molar-refractivity contribution in [3.05, 3.63) is 71.9 Å². The van der Waals surface area contributed by atoms with E-state index < -0.39 is 36.0 Å². The van der Waals surface area contributed by atoms with E-state index in [2.05, 4.69) is 15.6 Å². The zero-order valence-electron chi connectivity index (χ0n) is 20.2. The van der Waals surface area contributed by atoms with E-state index in [1.807, 2.05) is 54.6 Å². The molecule has 0 spiro atoms. The standard InChI is InChI=1S/C27H34N4O5/c28-15-7-6-12-22(30-23(26(33)34)14-13-18-8-2-1-3-9-18)25(32)31-24(27(35)36)16-19-17-29-21-11-5-4-10-20(19)21/h1-5,8-11,17,22-24,29-30H,6-7,12-16,28H2,(H,31,32)(H,33,34)(H,35,36). The molecule has 0 radical (unpaired) electrons. The second-order valence-corrected chi connectivity index (χ2v) is 8.88. The van der Waals surface area contributed by atoms with Gasteiger partial charge in [-0.05, 0) is 49.4 Å². The molecule has 0 saturated heterocycles. The van der Waals surface area contributed by atoms with Crippen molar-refractivity contribution in [2.45, 2.75) is 56.7 Å². The lowest BCUT2D eigenvalue weighted by Gasteiger charge is -2.25. The normalized spacial score (nSPS) is 13.7. The van der Waals surface area contributed by atoms with Gasteiger partial charge < -0.3 is 26.2 Å². The van der Waals surface area contributed by atoms with Gasteiger partial charge in [0.05, 0.1) is 6.04 Å². The van der Waals surface area contributed by atoms with Crippen LogP contribution in [0.1, 0.15) is 36.8 Å². The lowest BCUT2D eigenvalue weighted by Crippen LogP contribution is -2.54. The Balaban J connectivity index is 1.71. The molecule has 3 unspecified atom stereocenters. The second-order valence-electron chi connectivity index (χ2n) is 8.88. The van der Waals surface area contributed by atoms with Crippen LogP contribution in [0.3, 0.4) is 0 Å². The monoisotopic (exact) mass is 494 g/mol. The van der Waals surface area contributed by atoms with Gasteiger partial charge in [0, 0.05) is 23.5 Å². The Kier molecular flexibility index (Phi) is 10.0. The average molecular weight is 495 g/mol. The first-order valence-electron chi connectivity index (χ1n) is 12.2. The highest BCUT2D eigenvalue weighted by Gasteiger charge is 2.29. The molecule has 2 aromatic carbocycles. The number of hydrogen-bond donors (Lipinski definition) is 6. The number of H-pyrrole nitrogens is 1. The van der Waals surface area contributed by atoms with Gasteiger partial charge in [-0.2, -0.15) is 0 Å². The minimum atomic E-state index is -1.16. The zero-order chi connectivity index (χ0) is 25.9. The molecule has 0 aliphatic heterocycles. The first kappa shape index (κ1) is 26.9. The summed E-state index contributed by atoms with van der Waals surface area (Å²) in [6, 6.07) is 14.1. The molecule has 0 aliphatic carbocycles. The molecule has 192 valence electrons. The number of rotatable bonds is 15. The molecular formula is C27H34N4O5. The SMILES string of the molecule is NCCCCC(NC(CCc1ccccc1)C(=O)O)C(=O)NC(Cc1c[nH]c2ccccc12)C(=O)O. The van der Waals surface area contributed by atoms with Crippen molar-refractivity contribution in [1.82, 2.24) is 15.6 Å². The molecule has 7 N–H and O–H groups in total. The van der Waals surface area contributed by atoms with E-state index >= 15 is 0 Å². The van der Waals surface area contributed by atoms with Gasteiger partial charge in [-0.1, -0.05) is 55.0 Å². The zero-order valence-corrected chi connectivity index (χ0v) is 20.2. The molecule has 1 amide bonds. The van der Waals surface area contributed by atoms with E-state index in [1.54, 1.807) is 6.20 Å². The van der Waals surface area contributed by atoms with Crippen LogP contribution in [0.4, 0.5) is 0 Å². The Hall–Kier alpha value is -3.69. The minimum absolute atomic E-state index is 0.0942. The van der Waals surface area contributed by atoms with Crippen molar-refractivity contribution in [1.29, 1.82) is 0 Å². The number of aromatic amines is 1. The van der Waals surface area contributed by atoms with Crippen LogP contribution in [0.5, 0.6) is 0 Å². The van der Waals surface area contributed by atoms with Gasteiger partial charge in [-0.15, -0.1) is 0 Å². The number of benzene rings is 2. The van der Waals surface area contributed by atoms with Gasteiger partial charge in [-0.3, -0.25) is 14.9 Å². The number of carbonyl (C=O) groups is 3. The summed E-state index contributed by atoms with van der Waals surface area (Å²) in [5.74, 6) is -2.76. The third-order valence-corrected chi connectivity index (χ3v) is 6.24. The average Bonchev–Trinajstić information content (AvgIpc) is 3.28. The number of nitrogens with two attached hydrogens (primary N) is 1. The van der Waals surface area contributed by atoms with Crippen molar-refractivity contribution in [3.63, 3.8) is 0 Å². The summed E-state index contributed by atoms with van der Waals surface area (Å²) in [6.07, 6.45) is 4.28. The smallest absolute Gasteiger partial charge is 0.326 e. The van der Waals surface area contributed by atoms with Crippen LogP contribution < -0.4 is 16.4 Å². The molecule has 0 saturated carbocycles. The molecule has 3 aromatic rings. The Morgan fingerprint density at radius 2 is 1.56 bits per heavy atom. The summed E-state index contributed by atoms with van der Waals surface area (Å²) in [6.45, 7) is 0.447. The van der Waals surface area contributed by atoms with Crippen molar-refractivity contribution in [3.8, 4) is 0 Å². The van der Waals surface area contributed by atoms with E-state index in [-0.39, 0.29) is 12.8 Å². The van der Waals surface area contributed by atoms with E-state index in [4.69, 9.17) is 5.73 Å². The second kappa shape index (κ2) is 13.4. The van der Waals surface area contributed by atoms with Gasteiger partial charge in [0.2, 0.25) is 5.91 Å². The van der Waals surface area contributed by atoms with E-state index in [9.17, 15) is 24.6 Å². The minimum Gasteiger partial charge on any atom is -0.480 e. The van der Waals surface area contributed by atoms with Crippen LogP contribution in [0, 0.1) is 0 Å². The molecule has 0 aliphatic rings. The van der Waals surface area contributed by atoms with Gasteiger partial charge >= 0.3 is 11.9 Å². The molecule has 36 heavy (non-hydrogen) atoms. The quantitative estimate of drug-likeness (QED) is 0.177. The van der Waals surface area contributed by atoms with Crippen LogP contribution in [-0.2, 0) is 27.2 Å². The maximum atomic E-state index is 13.2. The summed E-state index contributed by atoms with van der Waals surface area (Å²) in [5, 5.41) is 26.1.